The van der Waals surface area contributed by atoms with Gasteiger partial charge < -0.3 is 19.5 Å². The fourth-order valence-corrected chi connectivity index (χ4v) is 3.50. The standard InChI is InChI=1S/C22H29ClN4O4/c1-22(2,3)30-21(29)24-17-11-13-27(14-12-17)19(28)6-4-5-18-25-20(26-31-18)15-7-9-16(23)10-8-15/h7-10,17H,4-6,11-14H2,1-3H3,(H,24,29). The highest BCUT2D eigenvalue weighted by Crippen LogP contribution is 2.19. The zero-order chi connectivity index (χ0) is 22.4. The number of hydrogen-bond acceptors (Lipinski definition) is 6. The number of aromatic nitrogens is 2. The first-order chi connectivity index (χ1) is 14.7. The summed E-state index contributed by atoms with van der Waals surface area (Å²) in [5.41, 5.74) is 0.313. The minimum absolute atomic E-state index is 0.0311. The maximum Gasteiger partial charge on any atom is 0.407 e. The van der Waals surface area contributed by atoms with E-state index in [1.54, 1.807) is 12.1 Å². The van der Waals surface area contributed by atoms with Crippen molar-refractivity contribution in [1.29, 1.82) is 0 Å². The number of alkyl carbamates (subject to hydrolysis) is 1. The van der Waals surface area contributed by atoms with Crippen molar-refractivity contribution in [2.75, 3.05) is 13.1 Å². The number of carbonyl (C=O) groups is 2. The first-order valence-electron chi connectivity index (χ1n) is 10.6. The van der Waals surface area contributed by atoms with Gasteiger partial charge in [-0.2, -0.15) is 4.98 Å². The van der Waals surface area contributed by atoms with Crippen molar-refractivity contribution < 1.29 is 18.8 Å². The van der Waals surface area contributed by atoms with E-state index in [2.05, 4.69) is 15.5 Å². The van der Waals surface area contributed by atoms with Gasteiger partial charge in [0.25, 0.3) is 0 Å². The van der Waals surface area contributed by atoms with Crippen molar-refractivity contribution >= 4 is 23.6 Å². The number of piperidine rings is 1. The van der Waals surface area contributed by atoms with Crippen LogP contribution >= 0.6 is 11.6 Å². The predicted octanol–water partition coefficient (Wildman–Crippen LogP) is 4.23. The Kier molecular flexibility index (Phi) is 7.54. The quantitative estimate of drug-likeness (QED) is 0.710. The fourth-order valence-electron chi connectivity index (χ4n) is 3.37. The molecule has 0 saturated carbocycles. The van der Waals surface area contributed by atoms with Crippen LogP contribution in [0.25, 0.3) is 11.4 Å². The number of benzene rings is 1. The number of nitrogens with zero attached hydrogens (tertiary/aromatic N) is 3. The first-order valence-corrected chi connectivity index (χ1v) is 10.9. The second-order valence-corrected chi connectivity index (χ2v) is 9.11. The molecule has 0 spiro atoms. The van der Waals surface area contributed by atoms with Crippen molar-refractivity contribution in [2.24, 2.45) is 0 Å². The molecule has 1 fully saturated rings. The molecule has 1 saturated heterocycles. The zero-order valence-corrected chi connectivity index (χ0v) is 18.9. The summed E-state index contributed by atoms with van der Waals surface area (Å²) >= 11 is 5.90. The summed E-state index contributed by atoms with van der Waals surface area (Å²) in [5, 5.41) is 7.52. The fraction of sp³-hybridized carbons (Fsp3) is 0.545. The third-order valence-corrected chi connectivity index (χ3v) is 5.17. The molecule has 1 aromatic carbocycles. The van der Waals surface area contributed by atoms with Gasteiger partial charge in [-0.1, -0.05) is 16.8 Å². The summed E-state index contributed by atoms with van der Waals surface area (Å²) in [4.78, 5) is 30.6. The van der Waals surface area contributed by atoms with E-state index < -0.39 is 11.7 Å². The van der Waals surface area contributed by atoms with Crippen molar-refractivity contribution in [3.8, 4) is 11.4 Å². The lowest BCUT2D eigenvalue weighted by Crippen LogP contribution is -2.47. The minimum atomic E-state index is -0.519. The molecular weight excluding hydrogens is 420 g/mol. The Morgan fingerprint density at radius 2 is 1.90 bits per heavy atom. The predicted molar refractivity (Wildman–Crippen MR) is 117 cm³/mol. The molecule has 31 heavy (non-hydrogen) atoms. The minimum Gasteiger partial charge on any atom is -0.444 e. The van der Waals surface area contributed by atoms with Crippen molar-refractivity contribution in [1.82, 2.24) is 20.4 Å². The van der Waals surface area contributed by atoms with Crippen molar-refractivity contribution in [3.05, 3.63) is 35.2 Å². The molecular formula is C22H29ClN4O4. The van der Waals surface area contributed by atoms with Crippen molar-refractivity contribution in [2.45, 2.75) is 64.5 Å². The molecule has 8 nitrogen and oxygen atoms in total. The normalized spacial score (nSPS) is 15.0. The SMILES string of the molecule is CC(C)(C)OC(=O)NC1CCN(C(=O)CCCc2nc(-c3ccc(Cl)cc3)no2)CC1. The topological polar surface area (TPSA) is 97.6 Å². The summed E-state index contributed by atoms with van der Waals surface area (Å²) < 4.78 is 10.6. The first kappa shape index (κ1) is 23.1. The van der Waals surface area contributed by atoms with E-state index in [0.29, 0.717) is 49.1 Å². The Morgan fingerprint density at radius 3 is 2.55 bits per heavy atom. The van der Waals surface area contributed by atoms with Crippen LogP contribution < -0.4 is 5.32 Å². The number of hydrogen-bond donors (Lipinski definition) is 1. The second-order valence-electron chi connectivity index (χ2n) is 8.67. The van der Waals surface area contributed by atoms with Crippen LogP contribution in [0.2, 0.25) is 5.02 Å². The maximum absolute atomic E-state index is 12.5. The van der Waals surface area contributed by atoms with Gasteiger partial charge in [0.05, 0.1) is 0 Å². The molecule has 2 aromatic rings. The highest BCUT2D eigenvalue weighted by atomic mass is 35.5. The molecule has 1 aliphatic rings. The van der Waals surface area contributed by atoms with Gasteiger partial charge in [-0.05, 0) is 64.3 Å². The van der Waals surface area contributed by atoms with Crippen LogP contribution in [0.5, 0.6) is 0 Å². The van der Waals surface area contributed by atoms with Gasteiger partial charge >= 0.3 is 6.09 Å². The number of ether oxygens (including phenoxy) is 1. The van der Waals surface area contributed by atoms with E-state index in [-0.39, 0.29) is 11.9 Å². The lowest BCUT2D eigenvalue weighted by Gasteiger charge is -2.33. The van der Waals surface area contributed by atoms with E-state index in [1.165, 1.54) is 0 Å². The zero-order valence-electron chi connectivity index (χ0n) is 18.2. The summed E-state index contributed by atoms with van der Waals surface area (Å²) in [6.45, 7) is 6.75. The van der Waals surface area contributed by atoms with Crippen LogP contribution in [0.15, 0.2) is 28.8 Å². The Morgan fingerprint density at radius 1 is 1.23 bits per heavy atom. The van der Waals surface area contributed by atoms with Crippen LogP contribution in [0.3, 0.4) is 0 Å². The van der Waals surface area contributed by atoms with E-state index in [1.807, 2.05) is 37.8 Å². The molecule has 1 N–H and O–H groups in total. The monoisotopic (exact) mass is 448 g/mol. The summed E-state index contributed by atoms with van der Waals surface area (Å²) in [6.07, 6.45) is 2.64. The lowest BCUT2D eigenvalue weighted by atomic mass is 10.0. The summed E-state index contributed by atoms with van der Waals surface area (Å²) in [7, 11) is 0. The van der Waals surface area contributed by atoms with Crippen LogP contribution in [-0.4, -0.2) is 51.8 Å². The molecule has 3 rings (SSSR count). The second kappa shape index (κ2) is 10.1. The van der Waals surface area contributed by atoms with E-state index in [0.717, 1.165) is 18.4 Å². The average Bonchev–Trinajstić information content (AvgIpc) is 3.16. The number of halogens is 1. The van der Waals surface area contributed by atoms with Gasteiger partial charge in [-0.15, -0.1) is 0 Å². The number of rotatable bonds is 6. The average molecular weight is 449 g/mol. The number of aryl methyl sites for hydroxylation is 1. The molecule has 9 heteroatoms. The Balaban J connectivity index is 1.37. The van der Waals surface area contributed by atoms with E-state index in [4.69, 9.17) is 20.9 Å². The molecule has 0 radical (unpaired) electrons. The number of amides is 2. The number of likely N-dealkylation sites (tertiary alicyclic amines) is 1. The number of nitrogens with one attached hydrogen (secondary N) is 1. The van der Waals surface area contributed by atoms with Gasteiger partial charge in [-0.3, -0.25) is 4.79 Å². The molecule has 0 bridgehead atoms. The summed E-state index contributed by atoms with van der Waals surface area (Å²) in [5.74, 6) is 1.13. The van der Waals surface area contributed by atoms with E-state index in [9.17, 15) is 9.59 Å². The van der Waals surface area contributed by atoms with Crippen LogP contribution in [0, 0.1) is 0 Å². The van der Waals surface area contributed by atoms with Crippen LogP contribution in [0.1, 0.15) is 52.3 Å². The molecule has 1 aromatic heterocycles. The molecule has 0 aliphatic carbocycles. The molecule has 0 unspecified atom stereocenters. The van der Waals surface area contributed by atoms with E-state index >= 15 is 0 Å². The van der Waals surface area contributed by atoms with Crippen molar-refractivity contribution in [3.63, 3.8) is 0 Å². The smallest absolute Gasteiger partial charge is 0.407 e. The largest absolute Gasteiger partial charge is 0.444 e. The summed E-state index contributed by atoms with van der Waals surface area (Å²) in [6, 6.07) is 7.25. The van der Waals surface area contributed by atoms with Gasteiger partial charge in [0.1, 0.15) is 5.60 Å². The lowest BCUT2D eigenvalue weighted by molar-refractivity contribution is -0.132. The molecule has 2 heterocycles. The van der Waals surface area contributed by atoms with Crippen LogP contribution in [-0.2, 0) is 16.0 Å². The van der Waals surface area contributed by atoms with Gasteiger partial charge in [0.2, 0.25) is 17.6 Å². The maximum atomic E-state index is 12.5. The number of carbonyl (C=O) groups excluding carboxylic acids is 2. The third-order valence-electron chi connectivity index (χ3n) is 4.92. The Bertz CT molecular complexity index is 884. The Hall–Kier alpha value is -2.61. The Labute approximate surface area is 187 Å². The van der Waals surface area contributed by atoms with Crippen LogP contribution in [0.4, 0.5) is 4.79 Å². The van der Waals surface area contributed by atoms with Gasteiger partial charge in [0, 0.05) is 42.6 Å². The highest BCUT2D eigenvalue weighted by molar-refractivity contribution is 6.30. The molecule has 2 amide bonds. The third kappa shape index (κ3) is 7.24. The molecule has 168 valence electrons. The van der Waals surface area contributed by atoms with Gasteiger partial charge in [-0.25, -0.2) is 4.79 Å². The van der Waals surface area contributed by atoms with Gasteiger partial charge in [0.15, 0.2) is 0 Å². The highest BCUT2D eigenvalue weighted by Gasteiger charge is 2.25. The molecule has 1 aliphatic heterocycles. The molecule has 0 atom stereocenters.